The first kappa shape index (κ1) is 14.6. The van der Waals surface area contributed by atoms with Gasteiger partial charge in [0.05, 0.1) is 15.8 Å². The SMILES string of the molecule is Cc1oc(C#N)cc1C(=O)N(C)c1nc2ccc(Cl)cc2s1. The van der Waals surface area contributed by atoms with Crippen LogP contribution in [-0.2, 0) is 0 Å². The van der Waals surface area contributed by atoms with Crippen molar-refractivity contribution in [3.63, 3.8) is 0 Å². The summed E-state index contributed by atoms with van der Waals surface area (Å²) in [6, 6.07) is 8.71. The number of hydrogen-bond acceptors (Lipinski definition) is 5. The summed E-state index contributed by atoms with van der Waals surface area (Å²) in [4.78, 5) is 18.4. The highest BCUT2D eigenvalue weighted by Gasteiger charge is 2.22. The first-order valence-corrected chi connectivity index (χ1v) is 7.53. The Labute approximate surface area is 135 Å². The molecule has 0 saturated carbocycles. The summed E-state index contributed by atoms with van der Waals surface area (Å²) in [5.41, 5.74) is 1.14. The first-order chi connectivity index (χ1) is 10.5. The standard InChI is InChI=1S/C15H10ClN3O2S/c1-8-11(6-10(7-17)21-8)14(20)19(2)15-18-12-4-3-9(16)5-13(12)22-15/h3-6H,1-2H3. The molecule has 5 nitrogen and oxygen atoms in total. The lowest BCUT2D eigenvalue weighted by Gasteiger charge is -2.12. The van der Waals surface area contributed by atoms with Crippen LogP contribution < -0.4 is 4.90 Å². The Kier molecular flexibility index (Phi) is 3.61. The maximum atomic E-state index is 12.5. The fourth-order valence-corrected chi connectivity index (χ4v) is 3.25. The van der Waals surface area contributed by atoms with E-state index in [1.54, 1.807) is 20.0 Å². The lowest BCUT2D eigenvalue weighted by atomic mass is 10.2. The van der Waals surface area contributed by atoms with Crippen molar-refractivity contribution in [3.05, 3.63) is 46.4 Å². The molecular weight excluding hydrogens is 322 g/mol. The molecule has 3 rings (SSSR count). The number of furan rings is 1. The van der Waals surface area contributed by atoms with Crippen molar-refractivity contribution >= 4 is 44.2 Å². The molecule has 110 valence electrons. The molecule has 0 bridgehead atoms. The van der Waals surface area contributed by atoms with Crippen LogP contribution in [0.15, 0.2) is 28.7 Å². The van der Waals surface area contributed by atoms with Crippen molar-refractivity contribution in [1.82, 2.24) is 4.98 Å². The summed E-state index contributed by atoms with van der Waals surface area (Å²) in [5, 5.41) is 10.0. The number of anilines is 1. The Balaban J connectivity index is 1.97. The zero-order chi connectivity index (χ0) is 15.9. The van der Waals surface area contributed by atoms with Crippen LogP contribution >= 0.6 is 22.9 Å². The second kappa shape index (κ2) is 5.44. The third-order valence-corrected chi connectivity index (χ3v) is 4.52. The summed E-state index contributed by atoms with van der Waals surface area (Å²) < 4.78 is 6.11. The second-order valence-electron chi connectivity index (χ2n) is 4.66. The van der Waals surface area contributed by atoms with E-state index in [1.165, 1.54) is 22.3 Å². The van der Waals surface area contributed by atoms with Crippen molar-refractivity contribution in [3.8, 4) is 6.07 Å². The topological polar surface area (TPSA) is 70.1 Å². The van der Waals surface area contributed by atoms with Gasteiger partial charge in [-0.1, -0.05) is 22.9 Å². The number of hydrogen-bond donors (Lipinski definition) is 0. The molecule has 0 spiro atoms. The minimum atomic E-state index is -0.270. The van der Waals surface area contributed by atoms with Gasteiger partial charge in [-0.05, 0) is 25.1 Å². The van der Waals surface area contributed by atoms with Crippen LogP contribution in [0.5, 0.6) is 0 Å². The quantitative estimate of drug-likeness (QED) is 0.711. The van der Waals surface area contributed by atoms with Crippen molar-refractivity contribution in [2.45, 2.75) is 6.92 Å². The number of carbonyl (C=O) groups excluding carboxylic acids is 1. The minimum absolute atomic E-state index is 0.116. The molecule has 0 aliphatic carbocycles. The summed E-state index contributed by atoms with van der Waals surface area (Å²) in [5.74, 6) is 0.260. The summed E-state index contributed by atoms with van der Waals surface area (Å²) >= 11 is 7.34. The fourth-order valence-electron chi connectivity index (χ4n) is 2.05. The number of carbonyl (C=O) groups is 1. The number of benzene rings is 1. The normalized spacial score (nSPS) is 10.6. The van der Waals surface area contributed by atoms with Gasteiger partial charge in [-0.15, -0.1) is 0 Å². The van der Waals surface area contributed by atoms with Gasteiger partial charge in [0.2, 0.25) is 5.76 Å². The Morgan fingerprint density at radius 3 is 2.91 bits per heavy atom. The van der Waals surface area contributed by atoms with Gasteiger partial charge >= 0.3 is 0 Å². The van der Waals surface area contributed by atoms with E-state index in [0.29, 0.717) is 21.5 Å². The monoisotopic (exact) mass is 331 g/mol. The van der Waals surface area contributed by atoms with E-state index in [1.807, 2.05) is 18.2 Å². The van der Waals surface area contributed by atoms with Crippen LogP contribution in [0.3, 0.4) is 0 Å². The average Bonchev–Trinajstić information content (AvgIpc) is 3.08. The van der Waals surface area contributed by atoms with E-state index in [9.17, 15) is 4.79 Å². The molecular formula is C15H10ClN3O2S. The summed E-state index contributed by atoms with van der Waals surface area (Å²) in [6.07, 6.45) is 0. The number of halogens is 1. The molecule has 2 aromatic heterocycles. The molecule has 0 fully saturated rings. The maximum absolute atomic E-state index is 12.5. The summed E-state index contributed by atoms with van der Waals surface area (Å²) in [6.45, 7) is 1.65. The Morgan fingerprint density at radius 1 is 1.45 bits per heavy atom. The molecule has 1 aromatic carbocycles. The smallest absolute Gasteiger partial charge is 0.263 e. The molecule has 0 unspecified atom stereocenters. The molecule has 0 aliphatic heterocycles. The Hall–Kier alpha value is -2.36. The van der Waals surface area contributed by atoms with Crippen molar-refractivity contribution in [2.75, 3.05) is 11.9 Å². The van der Waals surface area contributed by atoms with Gasteiger partial charge in [-0.2, -0.15) is 5.26 Å². The van der Waals surface area contributed by atoms with Gasteiger partial charge in [-0.3, -0.25) is 9.69 Å². The summed E-state index contributed by atoms with van der Waals surface area (Å²) in [7, 11) is 1.64. The van der Waals surface area contributed by atoms with Crippen LogP contribution in [-0.4, -0.2) is 17.9 Å². The lowest BCUT2D eigenvalue weighted by molar-refractivity contribution is 0.0991. The predicted octanol–water partition coefficient (Wildman–Crippen LogP) is 4.00. The van der Waals surface area contributed by atoms with E-state index in [0.717, 1.165) is 10.2 Å². The van der Waals surface area contributed by atoms with Gasteiger partial charge < -0.3 is 4.42 Å². The Morgan fingerprint density at radius 2 is 2.23 bits per heavy atom. The van der Waals surface area contributed by atoms with Crippen molar-refractivity contribution in [2.24, 2.45) is 0 Å². The maximum Gasteiger partial charge on any atom is 0.263 e. The highest BCUT2D eigenvalue weighted by molar-refractivity contribution is 7.22. The van der Waals surface area contributed by atoms with Crippen molar-refractivity contribution in [1.29, 1.82) is 5.26 Å². The van der Waals surface area contributed by atoms with E-state index in [2.05, 4.69) is 4.98 Å². The van der Waals surface area contributed by atoms with Gasteiger partial charge in [-0.25, -0.2) is 4.98 Å². The van der Waals surface area contributed by atoms with E-state index < -0.39 is 0 Å². The zero-order valence-corrected chi connectivity index (χ0v) is 13.3. The number of fused-ring (bicyclic) bond motifs is 1. The van der Waals surface area contributed by atoms with Crippen LogP contribution in [0.4, 0.5) is 5.13 Å². The van der Waals surface area contributed by atoms with Crippen LogP contribution in [0.1, 0.15) is 21.9 Å². The van der Waals surface area contributed by atoms with Crippen LogP contribution in [0.25, 0.3) is 10.2 Å². The molecule has 22 heavy (non-hydrogen) atoms. The van der Waals surface area contributed by atoms with Gasteiger partial charge in [0.15, 0.2) is 5.13 Å². The predicted molar refractivity (Wildman–Crippen MR) is 85.5 cm³/mol. The van der Waals surface area contributed by atoms with E-state index >= 15 is 0 Å². The molecule has 3 aromatic rings. The van der Waals surface area contributed by atoms with Crippen LogP contribution in [0.2, 0.25) is 5.02 Å². The number of aryl methyl sites for hydroxylation is 1. The number of amides is 1. The molecule has 2 heterocycles. The molecule has 1 amide bonds. The first-order valence-electron chi connectivity index (χ1n) is 6.34. The fraction of sp³-hybridized carbons (Fsp3) is 0.133. The van der Waals surface area contributed by atoms with Crippen LogP contribution in [0, 0.1) is 18.3 Å². The second-order valence-corrected chi connectivity index (χ2v) is 6.11. The molecule has 7 heteroatoms. The number of nitrogens with zero attached hydrogens (tertiary/aromatic N) is 3. The lowest BCUT2D eigenvalue weighted by Crippen LogP contribution is -2.26. The van der Waals surface area contributed by atoms with Gasteiger partial charge in [0, 0.05) is 18.1 Å². The van der Waals surface area contributed by atoms with Gasteiger partial charge in [0.25, 0.3) is 5.91 Å². The molecule has 0 N–H and O–H groups in total. The van der Waals surface area contributed by atoms with E-state index in [-0.39, 0.29) is 11.7 Å². The minimum Gasteiger partial charge on any atom is -0.450 e. The molecule has 0 aliphatic rings. The van der Waals surface area contributed by atoms with Gasteiger partial charge in [0.1, 0.15) is 11.8 Å². The van der Waals surface area contributed by atoms with Crippen molar-refractivity contribution < 1.29 is 9.21 Å². The average molecular weight is 332 g/mol. The van der Waals surface area contributed by atoms with E-state index in [4.69, 9.17) is 21.3 Å². The third-order valence-electron chi connectivity index (χ3n) is 3.19. The molecule has 0 saturated heterocycles. The highest BCUT2D eigenvalue weighted by atomic mass is 35.5. The number of rotatable bonds is 2. The molecule has 0 radical (unpaired) electrons. The molecule has 0 atom stereocenters. The zero-order valence-electron chi connectivity index (χ0n) is 11.8. The number of nitriles is 1. The number of aromatic nitrogens is 1. The number of thiazole rings is 1. The Bertz CT molecular complexity index is 923. The largest absolute Gasteiger partial charge is 0.450 e. The highest BCUT2D eigenvalue weighted by Crippen LogP contribution is 2.31. The third kappa shape index (κ3) is 2.45.